The molecule has 10 heteroatoms. The van der Waals surface area contributed by atoms with Gasteiger partial charge in [0.1, 0.15) is 12.6 Å². The lowest BCUT2D eigenvalue weighted by atomic mass is 10.1. The highest BCUT2D eigenvalue weighted by Gasteiger charge is 2.30. The van der Waals surface area contributed by atoms with Crippen LogP contribution >= 0.6 is 23.2 Å². The Balaban J connectivity index is 2.39. The van der Waals surface area contributed by atoms with Gasteiger partial charge in [-0.25, -0.2) is 8.42 Å². The van der Waals surface area contributed by atoms with Crippen molar-refractivity contribution in [3.05, 3.63) is 64.1 Å². The number of benzene rings is 2. The Morgan fingerprint density at radius 1 is 1.06 bits per heavy atom. The molecule has 0 spiro atoms. The zero-order valence-corrected chi connectivity index (χ0v) is 20.5. The monoisotopic (exact) mass is 499 g/mol. The molecule has 0 bridgehead atoms. The third kappa shape index (κ3) is 6.85. The summed E-state index contributed by atoms with van der Waals surface area (Å²) in [5, 5.41) is 2.97. The fraction of sp³-hybridized carbons (Fsp3) is 0.364. The average Bonchev–Trinajstić information content (AvgIpc) is 2.75. The predicted octanol–water partition coefficient (Wildman–Crippen LogP) is 3.70. The van der Waals surface area contributed by atoms with Gasteiger partial charge in [0.05, 0.1) is 22.0 Å². The number of anilines is 1. The van der Waals surface area contributed by atoms with Crippen LogP contribution in [0.15, 0.2) is 48.5 Å². The summed E-state index contributed by atoms with van der Waals surface area (Å²) in [4.78, 5) is 27.3. The molecule has 0 aliphatic carbocycles. The van der Waals surface area contributed by atoms with E-state index in [9.17, 15) is 18.0 Å². The van der Waals surface area contributed by atoms with E-state index in [0.717, 1.165) is 22.5 Å². The maximum atomic E-state index is 13.4. The van der Waals surface area contributed by atoms with Gasteiger partial charge in [-0.3, -0.25) is 13.9 Å². The second-order valence-electron chi connectivity index (χ2n) is 7.32. The highest BCUT2D eigenvalue weighted by molar-refractivity contribution is 7.92. The molecule has 2 amide bonds. The molecular weight excluding hydrogens is 473 g/mol. The molecule has 0 saturated heterocycles. The number of hydrogen-bond acceptors (Lipinski definition) is 4. The number of nitrogens with zero attached hydrogens (tertiary/aromatic N) is 2. The summed E-state index contributed by atoms with van der Waals surface area (Å²) < 4.78 is 26.0. The van der Waals surface area contributed by atoms with Gasteiger partial charge < -0.3 is 10.2 Å². The van der Waals surface area contributed by atoms with Crippen molar-refractivity contribution < 1.29 is 18.0 Å². The number of nitrogens with one attached hydrogen (secondary N) is 1. The summed E-state index contributed by atoms with van der Waals surface area (Å²) >= 11 is 12.3. The molecule has 0 aliphatic heterocycles. The number of hydrogen-bond donors (Lipinski definition) is 1. The summed E-state index contributed by atoms with van der Waals surface area (Å²) in [6.07, 6.45) is 1.73. The normalized spacial score (nSPS) is 12.2. The Bertz CT molecular complexity index is 1050. The lowest BCUT2D eigenvalue weighted by molar-refractivity contribution is -0.139. The van der Waals surface area contributed by atoms with Crippen molar-refractivity contribution in [3.8, 4) is 0 Å². The molecule has 1 atom stereocenters. The van der Waals surface area contributed by atoms with Crippen LogP contribution in [0.3, 0.4) is 0 Å². The van der Waals surface area contributed by atoms with Crippen LogP contribution in [0.2, 0.25) is 10.0 Å². The Kier molecular flexibility index (Phi) is 9.36. The van der Waals surface area contributed by atoms with Crippen LogP contribution in [0, 0.1) is 0 Å². The Morgan fingerprint density at radius 3 is 2.31 bits per heavy atom. The smallest absolute Gasteiger partial charge is 0.244 e. The van der Waals surface area contributed by atoms with Crippen molar-refractivity contribution in [1.29, 1.82) is 0 Å². The number of carbonyl (C=O) groups is 2. The van der Waals surface area contributed by atoms with Crippen LogP contribution < -0.4 is 9.62 Å². The van der Waals surface area contributed by atoms with E-state index in [1.54, 1.807) is 13.0 Å². The van der Waals surface area contributed by atoms with Gasteiger partial charge in [-0.05, 0) is 31.0 Å². The number of carbonyl (C=O) groups excluding carboxylic acids is 2. The van der Waals surface area contributed by atoms with E-state index in [-0.39, 0.29) is 28.2 Å². The van der Waals surface area contributed by atoms with Gasteiger partial charge in [0.2, 0.25) is 21.8 Å². The van der Waals surface area contributed by atoms with Crippen molar-refractivity contribution in [2.75, 3.05) is 23.7 Å². The van der Waals surface area contributed by atoms with E-state index in [1.165, 1.54) is 17.0 Å². The Morgan fingerprint density at radius 2 is 1.72 bits per heavy atom. The van der Waals surface area contributed by atoms with Gasteiger partial charge in [0.25, 0.3) is 0 Å². The van der Waals surface area contributed by atoms with Gasteiger partial charge in [-0.1, -0.05) is 66.5 Å². The molecule has 7 nitrogen and oxygen atoms in total. The third-order valence-corrected chi connectivity index (χ3v) is 6.73. The lowest BCUT2D eigenvalue weighted by Crippen LogP contribution is -2.51. The van der Waals surface area contributed by atoms with E-state index >= 15 is 0 Å². The second kappa shape index (κ2) is 11.5. The first-order chi connectivity index (χ1) is 15.1. The van der Waals surface area contributed by atoms with Crippen molar-refractivity contribution in [3.63, 3.8) is 0 Å². The van der Waals surface area contributed by atoms with Crippen LogP contribution in [-0.2, 0) is 26.2 Å². The van der Waals surface area contributed by atoms with E-state index in [4.69, 9.17) is 23.2 Å². The van der Waals surface area contributed by atoms with E-state index in [1.807, 2.05) is 37.3 Å². The topological polar surface area (TPSA) is 86.8 Å². The van der Waals surface area contributed by atoms with Crippen molar-refractivity contribution in [2.24, 2.45) is 0 Å². The zero-order chi connectivity index (χ0) is 23.9. The van der Waals surface area contributed by atoms with Gasteiger partial charge in [0, 0.05) is 13.1 Å². The molecule has 0 heterocycles. The molecule has 1 N–H and O–H groups in total. The summed E-state index contributed by atoms with van der Waals surface area (Å²) in [6, 6.07) is 12.9. The average molecular weight is 500 g/mol. The highest BCUT2D eigenvalue weighted by atomic mass is 35.5. The fourth-order valence-corrected chi connectivity index (χ4v) is 4.34. The number of halogens is 2. The van der Waals surface area contributed by atoms with E-state index < -0.39 is 28.5 Å². The molecule has 32 heavy (non-hydrogen) atoms. The van der Waals surface area contributed by atoms with Gasteiger partial charge >= 0.3 is 0 Å². The summed E-state index contributed by atoms with van der Waals surface area (Å²) in [5.41, 5.74) is 0.903. The van der Waals surface area contributed by atoms with Crippen LogP contribution in [0.25, 0.3) is 0 Å². The molecule has 0 saturated carbocycles. The first-order valence-corrected chi connectivity index (χ1v) is 12.7. The fourth-order valence-electron chi connectivity index (χ4n) is 3.04. The third-order valence-electron chi connectivity index (χ3n) is 4.79. The number of amides is 2. The van der Waals surface area contributed by atoms with E-state index in [0.29, 0.717) is 6.54 Å². The minimum atomic E-state index is -3.88. The maximum Gasteiger partial charge on any atom is 0.244 e. The molecular formula is C22H27Cl2N3O4S. The maximum absolute atomic E-state index is 13.4. The van der Waals surface area contributed by atoms with Crippen LogP contribution in [0.1, 0.15) is 25.8 Å². The van der Waals surface area contributed by atoms with Crippen molar-refractivity contribution >= 4 is 50.7 Å². The quantitative estimate of drug-likeness (QED) is 0.539. The van der Waals surface area contributed by atoms with Crippen molar-refractivity contribution in [1.82, 2.24) is 10.2 Å². The predicted molar refractivity (Wildman–Crippen MR) is 128 cm³/mol. The highest BCUT2D eigenvalue weighted by Crippen LogP contribution is 2.33. The molecule has 1 unspecified atom stereocenters. The van der Waals surface area contributed by atoms with Crippen LogP contribution in [-0.4, -0.2) is 50.5 Å². The van der Waals surface area contributed by atoms with Gasteiger partial charge in [-0.15, -0.1) is 0 Å². The first-order valence-electron chi connectivity index (χ1n) is 10.1. The minimum Gasteiger partial charge on any atom is -0.354 e. The van der Waals surface area contributed by atoms with Gasteiger partial charge in [-0.2, -0.15) is 0 Å². The van der Waals surface area contributed by atoms with Gasteiger partial charge in [0.15, 0.2) is 0 Å². The lowest BCUT2D eigenvalue weighted by Gasteiger charge is -2.31. The summed E-state index contributed by atoms with van der Waals surface area (Å²) in [5.74, 6) is -0.864. The number of sulfonamides is 1. The Hall–Kier alpha value is -2.29. The standard InChI is InChI=1S/C22H27Cl2N3O4S/c1-4-13-25-22(29)16(2)26(14-17-9-6-5-7-10-17)20(28)15-27(32(3,30)31)19-12-8-11-18(23)21(19)24/h5-12,16H,4,13-15H2,1-3H3,(H,25,29). The molecule has 0 radical (unpaired) electrons. The molecule has 174 valence electrons. The molecule has 2 rings (SSSR count). The van der Waals surface area contributed by atoms with Crippen LogP contribution in [0.5, 0.6) is 0 Å². The second-order valence-corrected chi connectivity index (χ2v) is 10.0. The zero-order valence-electron chi connectivity index (χ0n) is 18.2. The Labute approximate surface area is 199 Å². The molecule has 2 aromatic rings. The summed E-state index contributed by atoms with van der Waals surface area (Å²) in [6.45, 7) is 3.63. The minimum absolute atomic E-state index is 0.0238. The number of rotatable bonds is 10. The summed E-state index contributed by atoms with van der Waals surface area (Å²) in [7, 11) is -3.88. The largest absolute Gasteiger partial charge is 0.354 e. The molecule has 0 aliphatic rings. The first kappa shape index (κ1) is 26.0. The van der Waals surface area contributed by atoms with Crippen molar-refractivity contribution in [2.45, 2.75) is 32.9 Å². The SMILES string of the molecule is CCCNC(=O)C(C)N(Cc1ccccc1)C(=O)CN(c1cccc(Cl)c1Cl)S(C)(=O)=O. The molecule has 0 fully saturated rings. The van der Waals surface area contributed by atoms with E-state index in [2.05, 4.69) is 5.32 Å². The molecule has 2 aromatic carbocycles. The van der Waals surface area contributed by atoms with Crippen LogP contribution in [0.4, 0.5) is 5.69 Å². The molecule has 0 aromatic heterocycles.